The van der Waals surface area contributed by atoms with E-state index in [9.17, 15) is 13.2 Å². The Balaban J connectivity index is 0.00000364. The summed E-state index contributed by atoms with van der Waals surface area (Å²) in [6.07, 6.45) is 3.22. The smallest absolute Gasteiger partial charge is 0.220 e. The van der Waals surface area contributed by atoms with Crippen molar-refractivity contribution < 1.29 is 17.9 Å². The van der Waals surface area contributed by atoms with Crippen molar-refractivity contribution in [2.75, 3.05) is 52.1 Å². The fourth-order valence-electron chi connectivity index (χ4n) is 2.74. The molecule has 9 heteroatoms. The number of amides is 1. The molecule has 0 spiro atoms. The SMILES string of the molecule is CS(=O)(=O)c1ccc(OCCCCC(=O)NCCN2CCNCC2)cc1.Cl. The molecule has 1 heterocycles. The second kappa shape index (κ2) is 12.2. The minimum atomic E-state index is -3.18. The topological polar surface area (TPSA) is 87.7 Å². The predicted molar refractivity (Wildman–Crippen MR) is 108 cm³/mol. The van der Waals surface area contributed by atoms with Crippen LogP contribution < -0.4 is 15.4 Å². The van der Waals surface area contributed by atoms with E-state index in [1.54, 1.807) is 12.1 Å². The van der Waals surface area contributed by atoms with Crippen LogP contribution in [0.3, 0.4) is 0 Å². The number of rotatable bonds is 10. The molecular weight excluding hydrogens is 390 g/mol. The van der Waals surface area contributed by atoms with Gasteiger partial charge in [0, 0.05) is 51.9 Å². The monoisotopic (exact) mass is 419 g/mol. The summed E-state index contributed by atoms with van der Waals surface area (Å²) in [5.74, 6) is 0.718. The van der Waals surface area contributed by atoms with Crippen LogP contribution in [0.1, 0.15) is 19.3 Å². The summed E-state index contributed by atoms with van der Waals surface area (Å²) >= 11 is 0. The molecule has 1 amide bonds. The Morgan fingerprint density at radius 1 is 1.19 bits per heavy atom. The van der Waals surface area contributed by atoms with Gasteiger partial charge in [-0.1, -0.05) is 0 Å². The highest BCUT2D eigenvalue weighted by molar-refractivity contribution is 7.90. The quantitative estimate of drug-likeness (QED) is 0.552. The first-order valence-corrected chi connectivity index (χ1v) is 11.0. The number of sulfone groups is 1. The molecule has 0 aliphatic carbocycles. The molecule has 0 unspecified atom stereocenters. The summed E-state index contributed by atoms with van der Waals surface area (Å²) in [5, 5.41) is 6.27. The average molecular weight is 420 g/mol. The predicted octanol–water partition coefficient (Wildman–Crippen LogP) is 1.08. The number of carbonyl (C=O) groups is 1. The van der Waals surface area contributed by atoms with E-state index in [0.29, 0.717) is 25.3 Å². The van der Waals surface area contributed by atoms with E-state index in [1.165, 1.54) is 18.4 Å². The van der Waals surface area contributed by atoms with Crippen LogP contribution in [-0.2, 0) is 14.6 Å². The number of hydrogen-bond acceptors (Lipinski definition) is 6. The zero-order chi connectivity index (χ0) is 18.8. The first-order chi connectivity index (χ1) is 12.4. The lowest BCUT2D eigenvalue weighted by Gasteiger charge is -2.27. The number of nitrogens with one attached hydrogen (secondary N) is 2. The Morgan fingerprint density at radius 3 is 2.48 bits per heavy atom. The van der Waals surface area contributed by atoms with E-state index in [0.717, 1.165) is 45.6 Å². The summed E-state index contributed by atoms with van der Waals surface area (Å²) in [6, 6.07) is 6.38. The van der Waals surface area contributed by atoms with Gasteiger partial charge in [-0.05, 0) is 37.1 Å². The van der Waals surface area contributed by atoms with Gasteiger partial charge >= 0.3 is 0 Å². The minimum absolute atomic E-state index is 0. The van der Waals surface area contributed by atoms with Crippen LogP contribution in [0.4, 0.5) is 0 Å². The largest absolute Gasteiger partial charge is 0.494 e. The Bertz CT molecular complexity index is 662. The molecule has 0 bridgehead atoms. The molecule has 0 saturated carbocycles. The van der Waals surface area contributed by atoms with Gasteiger partial charge in [0.15, 0.2) is 9.84 Å². The fourth-order valence-corrected chi connectivity index (χ4v) is 3.37. The maximum absolute atomic E-state index is 11.8. The van der Waals surface area contributed by atoms with Gasteiger partial charge in [0.25, 0.3) is 0 Å². The molecule has 0 aromatic heterocycles. The molecule has 2 N–H and O–H groups in total. The van der Waals surface area contributed by atoms with Crippen LogP contribution in [0.5, 0.6) is 5.75 Å². The van der Waals surface area contributed by atoms with Crippen LogP contribution >= 0.6 is 12.4 Å². The highest BCUT2D eigenvalue weighted by Crippen LogP contribution is 2.16. The number of unbranched alkanes of at least 4 members (excludes halogenated alkanes) is 1. The highest BCUT2D eigenvalue weighted by atomic mass is 35.5. The zero-order valence-electron chi connectivity index (χ0n) is 15.8. The Kier molecular flexibility index (Phi) is 10.7. The normalized spacial score (nSPS) is 15.0. The van der Waals surface area contributed by atoms with Crippen molar-refractivity contribution in [2.24, 2.45) is 0 Å². The molecule has 0 radical (unpaired) electrons. The summed E-state index contributed by atoms with van der Waals surface area (Å²) < 4.78 is 28.4. The van der Waals surface area contributed by atoms with Crippen molar-refractivity contribution in [3.63, 3.8) is 0 Å². The number of carbonyl (C=O) groups excluding carboxylic acids is 1. The third-order valence-corrected chi connectivity index (χ3v) is 5.41. The number of nitrogens with zero attached hydrogens (tertiary/aromatic N) is 1. The first-order valence-electron chi connectivity index (χ1n) is 9.08. The Hall–Kier alpha value is -1.35. The lowest BCUT2D eigenvalue weighted by molar-refractivity contribution is -0.121. The highest BCUT2D eigenvalue weighted by Gasteiger charge is 2.09. The molecule has 1 fully saturated rings. The van der Waals surface area contributed by atoms with E-state index in [-0.39, 0.29) is 23.2 Å². The van der Waals surface area contributed by atoms with Gasteiger partial charge < -0.3 is 15.4 Å². The minimum Gasteiger partial charge on any atom is -0.494 e. The van der Waals surface area contributed by atoms with Gasteiger partial charge in [-0.15, -0.1) is 12.4 Å². The Morgan fingerprint density at radius 2 is 1.85 bits per heavy atom. The van der Waals surface area contributed by atoms with Crippen LogP contribution in [0.25, 0.3) is 0 Å². The standard InChI is InChI=1S/C18H29N3O4S.ClH/c1-26(23,24)17-7-5-16(6-8-17)25-15-3-2-4-18(22)20-11-14-21-12-9-19-10-13-21;/h5-8,19H,2-4,9-15H2,1H3,(H,20,22);1H. The van der Waals surface area contributed by atoms with Crippen molar-refractivity contribution in [3.05, 3.63) is 24.3 Å². The van der Waals surface area contributed by atoms with Crippen molar-refractivity contribution in [3.8, 4) is 5.75 Å². The molecule has 1 aliphatic heterocycles. The van der Waals surface area contributed by atoms with Crippen LogP contribution in [0.15, 0.2) is 29.2 Å². The molecule has 1 aromatic rings. The van der Waals surface area contributed by atoms with Gasteiger partial charge in [-0.25, -0.2) is 8.42 Å². The number of hydrogen-bond donors (Lipinski definition) is 2. The van der Waals surface area contributed by atoms with Crippen molar-refractivity contribution in [2.45, 2.75) is 24.2 Å². The lowest BCUT2D eigenvalue weighted by atomic mass is 10.2. The third kappa shape index (κ3) is 9.41. The molecule has 2 rings (SSSR count). The van der Waals surface area contributed by atoms with Gasteiger partial charge in [0.05, 0.1) is 11.5 Å². The van der Waals surface area contributed by atoms with Crippen LogP contribution in [0.2, 0.25) is 0 Å². The number of piperazine rings is 1. The zero-order valence-corrected chi connectivity index (χ0v) is 17.4. The second-order valence-corrected chi connectivity index (χ2v) is 8.51. The molecule has 1 aliphatic rings. The van der Waals surface area contributed by atoms with E-state index in [4.69, 9.17) is 4.74 Å². The molecule has 7 nitrogen and oxygen atoms in total. The molecule has 0 atom stereocenters. The summed E-state index contributed by atoms with van der Waals surface area (Å²) in [6.45, 7) is 6.22. The summed E-state index contributed by atoms with van der Waals surface area (Å²) in [4.78, 5) is 14.4. The van der Waals surface area contributed by atoms with Gasteiger partial charge in [-0.2, -0.15) is 0 Å². The number of halogens is 1. The molecule has 27 heavy (non-hydrogen) atoms. The van der Waals surface area contributed by atoms with Crippen molar-refractivity contribution in [1.82, 2.24) is 15.5 Å². The maximum atomic E-state index is 11.8. The average Bonchev–Trinajstić information content (AvgIpc) is 2.62. The molecule has 154 valence electrons. The molecule has 1 saturated heterocycles. The van der Waals surface area contributed by atoms with E-state index in [1.807, 2.05) is 0 Å². The van der Waals surface area contributed by atoms with Crippen molar-refractivity contribution in [1.29, 1.82) is 0 Å². The summed E-state index contributed by atoms with van der Waals surface area (Å²) in [5.41, 5.74) is 0. The van der Waals surface area contributed by atoms with E-state index >= 15 is 0 Å². The van der Waals surface area contributed by atoms with Gasteiger partial charge in [0.2, 0.25) is 5.91 Å². The Labute approximate surface area is 168 Å². The van der Waals surface area contributed by atoms with E-state index in [2.05, 4.69) is 15.5 Å². The summed E-state index contributed by atoms with van der Waals surface area (Å²) in [7, 11) is -3.18. The molecular formula is C18H30ClN3O4S. The van der Waals surface area contributed by atoms with Crippen LogP contribution in [0, 0.1) is 0 Å². The van der Waals surface area contributed by atoms with Crippen LogP contribution in [-0.4, -0.2) is 71.4 Å². The second-order valence-electron chi connectivity index (χ2n) is 6.49. The van der Waals surface area contributed by atoms with Gasteiger partial charge in [0.1, 0.15) is 5.75 Å². The first kappa shape index (κ1) is 23.7. The number of ether oxygens (including phenoxy) is 1. The molecule has 1 aromatic carbocycles. The fraction of sp³-hybridized carbons (Fsp3) is 0.611. The maximum Gasteiger partial charge on any atom is 0.220 e. The van der Waals surface area contributed by atoms with Crippen molar-refractivity contribution >= 4 is 28.2 Å². The lowest BCUT2D eigenvalue weighted by Crippen LogP contribution is -2.46. The third-order valence-electron chi connectivity index (χ3n) is 4.28. The number of benzene rings is 1. The van der Waals surface area contributed by atoms with Gasteiger partial charge in [-0.3, -0.25) is 9.69 Å². The van der Waals surface area contributed by atoms with E-state index < -0.39 is 9.84 Å².